The maximum Gasteiger partial charge on any atom is 0.291 e. The van der Waals surface area contributed by atoms with Crippen LogP contribution < -0.4 is 5.32 Å². The van der Waals surface area contributed by atoms with Crippen molar-refractivity contribution < 1.29 is 9.59 Å². The molecule has 1 amide bonds. The van der Waals surface area contributed by atoms with Gasteiger partial charge in [0.05, 0.1) is 16.7 Å². The van der Waals surface area contributed by atoms with Crippen LogP contribution in [0.25, 0.3) is 17.1 Å². The minimum atomic E-state index is -0.341. The monoisotopic (exact) mass is 257 g/mol. The Morgan fingerprint density at radius 1 is 1.11 bits per heavy atom. The van der Waals surface area contributed by atoms with E-state index in [4.69, 9.17) is 0 Å². The molecule has 6 heteroatoms. The first kappa shape index (κ1) is 10.9. The number of hydrogen-bond donors (Lipinski definition) is 1. The van der Waals surface area contributed by atoms with E-state index in [-0.39, 0.29) is 10.4 Å². The number of hydrogen-bond acceptors (Lipinski definition) is 5. The predicted molar refractivity (Wildman–Crippen MR) is 68.6 cm³/mol. The zero-order chi connectivity index (χ0) is 12.5. The summed E-state index contributed by atoms with van der Waals surface area (Å²) < 4.78 is 0. The highest BCUT2D eigenvalue weighted by Crippen LogP contribution is 2.21. The molecule has 2 aromatic rings. The van der Waals surface area contributed by atoms with Crippen molar-refractivity contribution in [1.29, 1.82) is 0 Å². The molecule has 1 aliphatic heterocycles. The minimum absolute atomic E-state index is 0.265. The highest BCUT2D eigenvalue weighted by molar-refractivity contribution is 8.27. The van der Waals surface area contributed by atoms with Gasteiger partial charge in [-0.05, 0) is 23.8 Å². The Morgan fingerprint density at radius 3 is 2.61 bits per heavy atom. The topological polar surface area (TPSA) is 72.0 Å². The third-order valence-corrected chi connectivity index (χ3v) is 3.14. The van der Waals surface area contributed by atoms with Crippen LogP contribution in [-0.2, 0) is 4.79 Å². The van der Waals surface area contributed by atoms with E-state index in [0.717, 1.165) is 16.6 Å². The standard InChI is InChI=1S/C12H7N3O2S/c16-11-10(15-12(17)18-11)6-7-1-2-8-9(5-7)14-4-3-13-8/h1-6H,(H,15,17). The predicted octanol–water partition coefficient (Wildman–Crippen LogP) is 1.95. The fraction of sp³-hybridized carbons (Fsp3) is 0. The van der Waals surface area contributed by atoms with E-state index in [1.807, 2.05) is 18.2 Å². The molecule has 0 spiro atoms. The molecule has 0 saturated carbocycles. The number of amides is 1. The van der Waals surface area contributed by atoms with Gasteiger partial charge in [0.15, 0.2) is 0 Å². The molecule has 0 aliphatic carbocycles. The molecule has 3 rings (SSSR count). The van der Waals surface area contributed by atoms with Crippen molar-refractivity contribution in [3.05, 3.63) is 41.9 Å². The average Bonchev–Trinajstić information content (AvgIpc) is 2.68. The van der Waals surface area contributed by atoms with Gasteiger partial charge in [-0.25, -0.2) is 0 Å². The van der Waals surface area contributed by atoms with Crippen LogP contribution in [0.1, 0.15) is 5.56 Å². The van der Waals surface area contributed by atoms with Gasteiger partial charge in [0.1, 0.15) is 0 Å². The van der Waals surface area contributed by atoms with E-state index in [1.54, 1.807) is 18.5 Å². The van der Waals surface area contributed by atoms with Crippen molar-refractivity contribution >= 4 is 39.2 Å². The number of thioether (sulfide) groups is 1. The third kappa shape index (κ3) is 1.98. The summed E-state index contributed by atoms with van der Waals surface area (Å²) in [6.07, 6.45) is 4.86. The molecule has 0 unspecified atom stereocenters. The second kappa shape index (κ2) is 4.23. The van der Waals surface area contributed by atoms with Gasteiger partial charge in [0.25, 0.3) is 5.24 Å². The summed E-state index contributed by atoms with van der Waals surface area (Å²) in [7, 11) is 0. The average molecular weight is 257 g/mol. The maximum atomic E-state index is 11.4. The highest BCUT2D eigenvalue weighted by atomic mass is 32.2. The van der Waals surface area contributed by atoms with Gasteiger partial charge in [-0.3, -0.25) is 19.6 Å². The van der Waals surface area contributed by atoms with Crippen LogP contribution in [-0.4, -0.2) is 20.3 Å². The number of nitrogens with zero attached hydrogens (tertiary/aromatic N) is 2. The summed E-state index contributed by atoms with van der Waals surface area (Å²) in [5.41, 5.74) is 2.63. The van der Waals surface area contributed by atoms with Crippen LogP contribution in [0.4, 0.5) is 4.79 Å². The Balaban J connectivity index is 2.02. The van der Waals surface area contributed by atoms with Crippen molar-refractivity contribution in [2.45, 2.75) is 0 Å². The quantitative estimate of drug-likeness (QED) is 0.790. The minimum Gasteiger partial charge on any atom is -0.313 e. The largest absolute Gasteiger partial charge is 0.313 e. The number of carbonyl (C=O) groups is 2. The maximum absolute atomic E-state index is 11.4. The van der Waals surface area contributed by atoms with Crippen LogP contribution in [0.2, 0.25) is 0 Å². The van der Waals surface area contributed by atoms with Crippen LogP contribution >= 0.6 is 11.8 Å². The smallest absolute Gasteiger partial charge is 0.291 e. The summed E-state index contributed by atoms with van der Waals surface area (Å²) in [4.78, 5) is 30.8. The summed E-state index contributed by atoms with van der Waals surface area (Å²) >= 11 is 0.666. The van der Waals surface area contributed by atoms with E-state index < -0.39 is 0 Å². The second-order valence-electron chi connectivity index (χ2n) is 3.66. The Labute approximate surface area is 106 Å². The number of fused-ring (bicyclic) bond motifs is 1. The van der Waals surface area contributed by atoms with Crippen molar-refractivity contribution in [1.82, 2.24) is 15.3 Å². The van der Waals surface area contributed by atoms with E-state index in [2.05, 4.69) is 15.3 Å². The molecule has 1 aromatic heterocycles. The third-order valence-electron chi connectivity index (χ3n) is 2.45. The Hall–Kier alpha value is -2.21. The molecule has 5 nitrogen and oxygen atoms in total. The Bertz CT molecular complexity index is 697. The number of rotatable bonds is 1. The van der Waals surface area contributed by atoms with E-state index >= 15 is 0 Å². The molecule has 1 N–H and O–H groups in total. The van der Waals surface area contributed by atoms with E-state index in [1.165, 1.54) is 0 Å². The molecule has 0 radical (unpaired) electrons. The van der Waals surface area contributed by atoms with Crippen molar-refractivity contribution in [3.63, 3.8) is 0 Å². The van der Waals surface area contributed by atoms with Crippen molar-refractivity contribution in [3.8, 4) is 0 Å². The van der Waals surface area contributed by atoms with Gasteiger partial charge in [-0.2, -0.15) is 0 Å². The summed E-state index contributed by atoms with van der Waals surface area (Å²) in [6.45, 7) is 0. The first-order chi connectivity index (χ1) is 8.72. The SMILES string of the molecule is O=C1NC(=Cc2ccc3nccnc3c2)C(=O)S1. The summed E-state index contributed by atoms with van der Waals surface area (Å²) in [5, 5.41) is 1.89. The van der Waals surface area contributed by atoms with Crippen LogP contribution in [0.3, 0.4) is 0 Å². The highest BCUT2D eigenvalue weighted by Gasteiger charge is 2.25. The first-order valence-corrected chi connectivity index (χ1v) is 6.00. The van der Waals surface area contributed by atoms with Gasteiger partial charge in [-0.15, -0.1) is 0 Å². The zero-order valence-electron chi connectivity index (χ0n) is 9.08. The zero-order valence-corrected chi connectivity index (χ0v) is 9.90. The van der Waals surface area contributed by atoms with Crippen LogP contribution in [0.5, 0.6) is 0 Å². The molecule has 1 saturated heterocycles. The normalized spacial score (nSPS) is 17.4. The number of benzene rings is 1. The van der Waals surface area contributed by atoms with E-state index in [0.29, 0.717) is 17.5 Å². The number of aromatic nitrogens is 2. The van der Waals surface area contributed by atoms with Gasteiger partial charge < -0.3 is 5.32 Å². The lowest BCUT2D eigenvalue weighted by Gasteiger charge is -1.99. The number of carbonyl (C=O) groups excluding carboxylic acids is 2. The summed E-state index contributed by atoms with van der Waals surface area (Å²) in [5.74, 6) is 0. The van der Waals surface area contributed by atoms with Gasteiger partial charge in [-0.1, -0.05) is 6.07 Å². The first-order valence-electron chi connectivity index (χ1n) is 5.18. The molecule has 1 aliphatic rings. The second-order valence-corrected chi connectivity index (χ2v) is 4.61. The van der Waals surface area contributed by atoms with Crippen molar-refractivity contribution in [2.75, 3.05) is 0 Å². The molecule has 18 heavy (non-hydrogen) atoms. The fourth-order valence-electron chi connectivity index (χ4n) is 1.66. The fourth-order valence-corrected chi connectivity index (χ4v) is 2.21. The lowest BCUT2D eigenvalue weighted by Crippen LogP contribution is -2.10. The van der Waals surface area contributed by atoms with Crippen LogP contribution in [0, 0.1) is 0 Å². The molecule has 2 heterocycles. The molecular formula is C12H7N3O2S. The van der Waals surface area contributed by atoms with Gasteiger partial charge in [0, 0.05) is 24.2 Å². The molecule has 1 aromatic carbocycles. The molecule has 0 bridgehead atoms. The number of nitrogens with one attached hydrogen (secondary N) is 1. The van der Waals surface area contributed by atoms with E-state index in [9.17, 15) is 9.59 Å². The van der Waals surface area contributed by atoms with Gasteiger partial charge >= 0.3 is 0 Å². The molecular weight excluding hydrogens is 250 g/mol. The Kier molecular flexibility index (Phi) is 2.56. The Morgan fingerprint density at radius 2 is 1.89 bits per heavy atom. The van der Waals surface area contributed by atoms with Crippen LogP contribution in [0.15, 0.2) is 36.3 Å². The lowest BCUT2D eigenvalue weighted by molar-refractivity contribution is -0.107. The van der Waals surface area contributed by atoms with Crippen molar-refractivity contribution in [2.24, 2.45) is 0 Å². The molecule has 88 valence electrons. The molecule has 1 fully saturated rings. The summed E-state index contributed by atoms with van der Waals surface area (Å²) in [6, 6.07) is 5.47. The molecule has 0 atom stereocenters. The van der Waals surface area contributed by atoms with Gasteiger partial charge in [0.2, 0.25) is 5.12 Å². The lowest BCUT2D eigenvalue weighted by atomic mass is 10.1.